The van der Waals surface area contributed by atoms with Crippen molar-refractivity contribution in [1.82, 2.24) is 0 Å². The van der Waals surface area contributed by atoms with E-state index < -0.39 is 13.9 Å². The van der Waals surface area contributed by atoms with Crippen LogP contribution in [0.4, 0.5) is 0 Å². The molecule has 1 aliphatic rings. The maximum absolute atomic E-state index is 12.3. The van der Waals surface area contributed by atoms with Gasteiger partial charge in [0.2, 0.25) is 0 Å². The van der Waals surface area contributed by atoms with Crippen LogP contribution in [0, 0.1) is 0 Å². The molecule has 0 aromatic rings. The van der Waals surface area contributed by atoms with Gasteiger partial charge in [-0.1, -0.05) is 103 Å². The summed E-state index contributed by atoms with van der Waals surface area (Å²) in [5, 5.41) is 0. The van der Waals surface area contributed by atoms with Gasteiger partial charge in [0.15, 0.2) is 0 Å². The van der Waals surface area contributed by atoms with Gasteiger partial charge in [-0.25, -0.2) is 0 Å². The molecule has 1 aliphatic heterocycles. The predicted octanol–water partition coefficient (Wildman–Crippen LogP) is 7.41. The molecule has 3 unspecified atom stereocenters. The van der Waals surface area contributed by atoms with Gasteiger partial charge in [0, 0.05) is 20.1 Å². The lowest BCUT2D eigenvalue weighted by molar-refractivity contribution is -0.889. The number of hydrogen-bond donors (Lipinski definition) is 0. The van der Waals surface area contributed by atoms with Crippen LogP contribution in [-0.4, -0.2) is 70.8 Å². The summed E-state index contributed by atoms with van der Waals surface area (Å²) in [5.74, 6) is 0. The Morgan fingerprint density at radius 1 is 0.789 bits per heavy atom. The van der Waals surface area contributed by atoms with Gasteiger partial charge in [0.25, 0.3) is 7.82 Å². The molecule has 0 spiro atoms. The minimum Gasteiger partial charge on any atom is -0.756 e. The Labute approximate surface area is 235 Å². The SMILES string of the molecule is CCCCCCCCCCCCCCCCCCOCC(COP(=O)([O-])OC1CCC[N+](C)(C)CC1)OC. The van der Waals surface area contributed by atoms with Crippen molar-refractivity contribution < 1.29 is 32.5 Å². The number of ether oxygens (including phenoxy) is 2. The lowest BCUT2D eigenvalue weighted by atomic mass is 10.0. The number of phosphoric acid groups is 1. The zero-order chi connectivity index (χ0) is 28.0. The summed E-state index contributed by atoms with van der Waals surface area (Å²) >= 11 is 0. The van der Waals surface area contributed by atoms with Crippen LogP contribution in [0.2, 0.25) is 0 Å². The Balaban J connectivity index is 1.94. The first-order chi connectivity index (χ1) is 18.3. The molecule has 7 nitrogen and oxygen atoms in total. The first-order valence-corrected chi connectivity index (χ1v) is 17.3. The lowest BCUT2D eigenvalue weighted by Gasteiger charge is -2.30. The average Bonchev–Trinajstić information content (AvgIpc) is 3.04. The van der Waals surface area contributed by atoms with Crippen molar-refractivity contribution in [1.29, 1.82) is 0 Å². The van der Waals surface area contributed by atoms with Crippen LogP contribution in [0.3, 0.4) is 0 Å². The van der Waals surface area contributed by atoms with Crippen LogP contribution in [-0.2, 0) is 23.1 Å². The molecule has 0 aromatic heterocycles. The quantitative estimate of drug-likeness (QED) is 0.0654. The fraction of sp³-hybridized carbons (Fsp3) is 1.00. The van der Waals surface area contributed by atoms with Crippen LogP contribution in [0.25, 0.3) is 0 Å². The Hall–Kier alpha value is -0.0100. The van der Waals surface area contributed by atoms with Crippen molar-refractivity contribution in [3.8, 4) is 0 Å². The summed E-state index contributed by atoms with van der Waals surface area (Å²) in [7, 11) is 1.52. The molecule has 1 fully saturated rings. The van der Waals surface area contributed by atoms with Gasteiger partial charge in [-0.05, 0) is 19.3 Å². The molecule has 228 valence electrons. The second-order valence-electron chi connectivity index (χ2n) is 12.0. The molecule has 1 saturated heterocycles. The molecule has 0 radical (unpaired) electrons. The number of hydrogen-bond acceptors (Lipinski definition) is 6. The van der Waals surface area contributed by atoms with Crippen LogP contribution in [0.15, 0.2) is 0 Å². The monoisotopic (exact) mass is 563 g/mol. The van der Waals surface area contributed by atoms with Crippen molar-refractivity contribution in [2.45, 2.75) is 141 Å². The van der Waals surface area contributed by atoms with E-state index in [4.69, 9.17) is 18.5 Å². The van der Waals surface area contributed by atoms with Gasteiger partial charge in [-0.3, -0.25) is 4.57 Å². The fourth-order valence-electron chi connectivity index (χ4n) is 5.14. The molecule has 0 saturated carbocycles. The third kappa shape index (κ3) is 20.8. The summed E-state index contributed by atoms with van der Waals surface area (Å²) in [6, 6.07) is 0. The third-order valence-corrected chi connectivity index (χ3v) is 8.84. The zero-order valence-corrected chi connectivity index (χ0v) is 26.4. The van der Waals surface area contributed by atoms with Gasteiger partial charge in [0.05, 0.1) is 46.5 Å². The van der Waals surface area contributed by atoms with Crippen molar-refractivity contribution in [2.24, 2.45) is 0 Å². The van der Waals surface area contributed by atoms with Crippen LogP contribution < -0.4 is 4.89 Å². The van der Waals surface area contributed by atoms with Gasteiger partial charge in [0.1, 0.15) is 6.10 Å². The van der Waals surface area contributed by atoms with Crippen molar-refractivity contribution in [3.05, 3.63) is 0 Å². The molecule has 0 aliphatic carbocycles. The third-order valence-electron chi connectivity index (χ3n) is 7.82. The van der Waals surface area contributed by atoms with Crippen molar-refractivity contribution in [2.75, 3.05) is 54.1 Å². The highest BCUT2D eigenvalue weighted by Crippen LogP contribution is 2.42. The standard InChI is InChI=1S/C30H62NO6P/c1-5-6-7-8-9-10-11-12-13-14-15-16-17-18-19-20-26-35-27-30(34-4)28-36-38(32,33)37-29-22-21-24-31(2,3)25-23-29/h29-30H,5-28H2,1-4H3. The van der Waals surface area contributed by atoms with Crippen molar-refractivity contribution >= 4 is 7.82 Å². The molecule has 38 heavy (non-hydrogen) atoms. The maximum Gasteiger partial charge on any atom is 0.268 e. The number of unbranched alkanes of at least 4 members (excludes halogenated alkanes) is 15. The van der Waals surface area contributed by atoms with E-state index in [1.54, 1.807) is 7.11 Å². The van der Waals surface area contributed by atoms with Gasteiger partial charge in [-0.2, -0.15) is 0 Å². The zero-order valence-electron chi connectivity index (χ0n) is 25.5. The Kier molecular flexibility index (Phi) is 21.5. The molecular formula is C30H62NO6P. The van der Waals surface area contributed by atoms with E-state index in [0.717, 1.165) is 43.3 Å². The smallest absolute Gasteiger partial charge is 0.268 e. The van der Waals surface area contributed by atoms with Gasteiger partial charge < -0.3 is 27.9 Å². The number of methoxy groups -OCH3 is 1. The number of likely N-dealkylation sites (tertiary alicyclic amines) is 1. The molecule has 3 atom stereocenters. The summed E-state index contributed by atoms with van der Waals surface area (Å²) in [5.41, 5.74) is 0. The molecule has 1 heterocycles. The normalized spacial score (nSPS) is 20.2. The van der Waals surface area contributed by atoms with E-state index in [0.29, 0.717) is 13.2 Å². The van der Waals surface area contributed by atoms with E-state index in [1.807, 2.05) is 0 Å². The van der Waals surface area contributed by atoms with Gasteiger partial charge in [-0.15, -0.1) is 0 Å². The molecule has 0 bridgehead atoms. The highest BCUT2D eigenvalue weighted by molar-refractivity contribution is 7.45. The van der Waals surface area contributed by atoms with Crippen molar-refractivity contribution in [3.63, 3.8) is 0 Å². The summed E-state index contributed by atoms with van der Waals surface area (Å²) < 4.78 is 34.8. The highest BCUT2D eigenvalue weighted by atomic mass is 31.2. The van der Waals surface area contributed by atoms with Crippen LogP contribution >= 0.6 is 7.82 Å². The largest absolute Gasteiger partial charge is 0.756 e. The first kappa shape index (κ1) is 36.0. The minimum absolute atomic E-state index is 0.0789. The number of nitrogens with zero attached hydrogens (tertiary/aromatic N) is 1. The second kappa shape index (κ2) is 22.7. The highest BCUT2D eigenvalue weighted by Gasteiger charge is 2.27. The number of quaternary nitrogens is 1. The summed E-state index contributed by atoms with van der Waals surface area (Å²) in [4.78, 5) is 12.3. The van der Waals surface area contributed by atoms with Crippen LogP contribution in [0.5, 0.6) is 0 Å². The Bertz CT molecular complexity index is 591. The van der Waals surface area contributed by atoms with E-state index in [2.05, 4.69) is 21.0 Å². The fourth-order valence-corrected chi connectivity index (χ4v) is 6.13. The average molecular weight is 564 g/mol. The predicted molar refractivity (Wildman–Crippen MR) is 155 cm³/mol. The summed E-state index contributed by atoms with van der Waals surface area (Å²) in [6.45, 7) is 5.12. The van der Waals surface area contributed by atoms with E-state index in [1.165, 1.54) is 96.3 Å². The molecule has 0 aromatic carbocycles. The molecular weight excluding hydrogens is 501 g/mol. The minimum atomic E-state index is -4.36. The van der Waals surface area contributed by atoms with E-state index in [-0.39, 0.29) is 12.7 Å². The Morgan fingerprint density at radius 2 is 1.32 bits per heavy atom. The van der Waals surface area contributed by atoms with Gasteiger partial charge >= 0.3 is 0 Å². The number of phosphoric ester groups is 1. The molecule has 8 heteroatoms. The summed E-state index contributed by atoms with van der Waals surface area (Å²) in [6.07, 6.45) is 23.2. The first-order valence-electron chi connectivity index (χ1n) is 15.8. The molecule has 0 N–H and O–H groups in total. The Morgan fingerprint density at radius 3 is 1.84 bits per heavy atom. The second-order valence-corrected chi connectivity index (χ2v) is 13.4. The number of rotatable bonds is 25. The topological polar surface area (TPSA) is 77.1 Å². The van der Waals surface area contributed by atoms with E-state index >= 15 is 0 Å². The maximum atomic E-state index is 12.3. The van der Waals surface area contributed by atoms with E-state index in [9.17, 15) is 9.46 Å². The van der Waals surface area contributed by atoms with Crippen LogP contribution in [0.1, 0.15) is 129 Å². The lowest BCUT2D eigenvalue weighted by Crippen LogP contribution is -2.40. The molecule has 1 rings (SSSR count). The molecule has 0 amide bonds.